The second-order valence-corrected chi connectivity index (χ2v) is 4.06. The van der Waals surface area contributed by atoms with Crippen molar-refractivity contribution in [2.24, 2.45) is 5.73 Å². The fourth-order valence-electron chi connectivity index (χ4n) is 2.51. The average Bonchev–Trinajstić information content (AvgIpc) is 2.16. The molecule has 4 nitrogen and oxygen atoms in total. The van der Waals surface area contributed by atoms with Crippen molar-refractivity contribution in [3.63, 3.8) is 0 Å². The number of hydrogen-bond acceptors (Lipinski definition) is 2. The number of carbonyl (C=O) groups is 1. The maximum atomic E-state index is 13.3. The van der Waals surface area contributed by atoms with Gasteiger partial charge in [0.2, 0.25) is 0 Å². The summed E-state index contributed by atoms with van der Waals surface area (Å²) < 4.78 is 26.6. The van der Waals surface area contributed by atoms with Crippen molar-refractivity contribution in [2.45, 2.75) is 43.3 Å². The molecule has 0 aliphatic carbocycles. The predicted molar refractivity (Wildman–Crippen MR) is 44.2 cm³/mol. The highest BCUT2D eigenvalue weighted by atomic mass is 19.3. The molecule has 0 aromatic heterocycles. The van der Waals surface area contributed by atoms with Crippen LogP contribution in [0.1, 0.15) is 19.3 Å². The van der Waals surface area contributed by atoms with Crippen LogP contribution in [0.3, 0.4) is 0 Å². The number of rotatable bonds is 0. The van der Waals surface area contributed by atoms with E-state index in [4.69, 9.17) is 10.8 Å². The minimum atomic E-state index is -2.91. The quantitative estimate of drug-likeness (QED) is 0.617. The Hall–Kier alpha value is -0.910. The van der Waals surface area contributed by atoms with E-state index in [1.54, 1.807) is 0 Å². The molecule has 2 aliphatic rings. The number of piperidine rings is 1. The topological polar surface area (TPSA) is 66.6 Å². The Labute approximate surface area is 79.7 Å². The van der Waals surface area contributed by atoms with Crippen LogP contribution in [0.5, 0.6) is 0 Å². The van der Waals surface area contributed by atoms with E-state index in [2.05, 4.69) is 0 Å². The highest BCUT2D eigenvalue weighted by Gasteiger charge is 2.58. The van der Waals surface area contributed by atoms with E-state index in [1.807, 2.05) is 0 Å². The second-order valence-electron chi connectivity index (χ2n) is 4.06. The van der Waals surface area contributed by atoms with Crippen LogP contribution in [0.25, 0.3) is 0 Å². The molecular weight excluding hydrogens is 194 g/mol. The van der Waals surface area contributed by atoms with Gasteiger partial charge in [-0.2, -0.15) is 0 Å². The standard InChI is InChI=1S/C8H12F2N2O2/c9-8(10)3-5-1-4(11)2-6(8)12(5)7(13)14/h4-6H,1-3,11H2,(H,13,14)/t4-,5+,6-/m1/s1. The molecule has 2 rings (SSSR count). The Morgan fingerprint density at radius 2 is 2.14 bits per heavy atom. The highest BCUT2D eigenvalue weighted by molar-refractivity contribution is 5.67. The molecule has 0 unspecified atom stereocenters. The molecule has 2 saturated heterocycles. The van der Waals surface area contributed by atoms with E-state index in [-0.39, 0.29) is 18.9 Å². The Kier molecular flexibility index (Phi) is 1.92. The summed E-state index contributed by atoms with van der Waals surface area (Å²) in [6.07, 6.45) is -1.23. The van der Waals surface area contributed by atoms with E-state index in [1.165, 1.54) is 0 Å². The number of alkyl halides is 2. The Bertz CT molecular complexity index is 272. The summed E-state index contributed by atoms with van der Waals surface area (Å²) in [5.74, 6) is -2.91. The van der Waals surface area contributed by atoms with Crippen LogP contribution in [-0.4, -0.2) is 40.1 Å². The van der Waals surface area contributed by atoms with E-state index in [0.717, 1.165) is 4.90 Å². The normalized spacial score (nSPS) is 39.9. The number of amides is 1. The maximum absolute atomic E-state index is 13.3. The van der Waals surface area contributed by atoms with Crippen molar-refractivity contribution in [2.75, 3.05) is 0 Å². The van der Waals surface area contributed by atoms with E-state index in [0.29, 0.717) is 6.42 Å². The summed E-state index contributed by atoms with van der Waals surface area (Å²) in [7, 11) is 0. The SMILES string of the molecule is N[C@@H]1C[C@H]2CC(F)(F)[C@@H](C1)N2C(=O)O. The van der Waals surface area contributed by atoms with Crippen molar-refractivity contribution in [1.82, 2.24) is 4.90 Å². The Morgan fingerprint density at radius 1 is 1.50 bits per heavy atom. The number of nitrogens with zero attached hydrogens (tertiary/aromatic N) is 1. The molecular formula is C8H12F2N2O2. The minimum Gasteiger partial charge on any atom is -0.465 e. The van der Waals surface area contributed by atoms with Gasteiger partial charge in [0.15, 0.2) is 0 Å². The molecule has 0 aromatic rings. The second kappa shape index (κ2) is 2.79. The lowest BCUT2D eigenvalue weighted by Crippen LogP contribution is -2.52. The van der Waals surface area contributed by atoms with E-state index >= 15 is 0 Å². The van der Waals surface area contributed by atoms with Crippen molar-refractivity contribution >= 4 is 6.09 Å². The smallest absolute Gasteiger partial charge is 0.408 e. The third kappa shape index (κ3) is 1.25. The first-order valence-electron chi connectivity index (χ1n) is 4.56. The molecule has 6 heteroatoms. The third-order valence-corrected chi connectivity index (χ3v) is 3.05. The third-order valence-electron chi connectivity index (χ3n) is 3.05. The van der Waals surface area contributed by atoms with Crippen LogP contribution >= 0.6 is 0 Å². The molecule has 0 radical (unpaired) electrons. The highest BCUT2D eigenvalue weighted by Crippen LogP contribution is 2.45. The van der Waals surface area contributed by atoms with Crippen LogP contribution < -0.4 is 5.73 Å². The predicted octanol–water partition coefficient (Wildman–Crippen LogP) is 0.864. The molecule has 3 atom stereocenters. The van der Waals surface area contributed by atoms with Gasteiger partial charge in [-0.15, -0.1) is 0 Å². The minimum absolute atomic E-state index is 0.0653. The van der Waals surface area contributed by atoms with Crippen LogP contribution in [0.4, 0.5) is 13.6 Å². The van der Waals surface area contributed by atoms with Crippen LogP contribution in [0.2, 0.25) is 0 Å². The zero-order valence-corrected chi connectivity index (χ0v) is 7.49. The molecule has 80 valence electrons. The van der Waals surface area contributed by atoms with Crippen molar-refractivity contribution in [3.05, 3.63) is 0 Å². The molecule has 0 aromatic carbocycles. The van der Waals surface area contributed by atoms with Crippen molar-refractivity contribution in [1.29, 1.82) is 0 Å². The zero-order chi connectivity index (χ0) is 10.5. The molecule has 1 amide bonds. The molecule has 2 aliphatic heterocycles. The summed E-state index contributed by atoms with van der Waals surface area (Å²) in [5.41, 5.74) is 5.59. The molecule has 2 fully saturated rings. The molecule has 0 saturated carbocycles. The van der Waals surface area contributed by atoms with Crippen molar-refractivity contribution in [3.8, 4) is 0 Å². The van der Waals surface area contributed by atoms with Gasteiger partial charge < -0.3 is 10.8 Å². The first kappa shape index (κ1) is 9.64. The fraction of sp³-hybridized carbons (Fsp3) is 0.875. The van der Waals surface area contributed by atoms with Gasteiger partial charge in [-0.25, -0.2) is 13.6 Å². The monoisotopic (exact) mass is 206 g/mol. The lowest BCUT2D eigenvalue weighted by atomic mass is 9.98. The van der Waals surface area contributed by atoms with Crippen LogP contribution in [0.15, 0.2) is 0 Å². The number of carboxylic acid groups (broad SMARTS) is 1. The fourth-order valence-corrected chi connectivity index (χ4v) is 2.51. The number of fused-ring (bicyclic) bond motifs is 2. The maximum Gasteiger partial charge on any atom is 0.408 e. The average molecular weight is 206 g/mol. The van der Waals surface area contributed by atoms with Crippen LogP contribution in [0, 0.1) is 0 Å². The van der Waals surface area contributed by atoms with Gasteiger partial charge in [-0.1, -0.05) is 0 Å². The molecule has 0 spiro atoms. The zero-order valence-electron chi connectivity index (χ0n) is 7.49. The number of halogens is 2. The lowest BCUT2D eigenvalue weighted by Gasteiger charge is -2.35. The molecule has 2 bridgehead atoms. The van der Waals surface area contributed by atoms with Crippen LogP contribution in [-0.2, 0) is 0 Å². The number of nitrogens with two attached hydrogens (primary N) is 1. The molecule has 14 heavy (non-hydrogen) atoms. The summed E-state index contributed by atoms with van der Waals surface area (Å²) in [5, 5.41) is 8.79. The van der Waals surface area contributed by atoms with Gasteiger partial charge in [-0.05, 0) is 12.8 Å². The summed E-state index contributed by atoms with van der Waals surface area (Å²) in [6, 6.07) is -2.11. The van der Waals surface area contributed by atoms with Gasteiger partial charge >= 0.3 is 6.09 Å². The number of hydrogen-bond donors (Lipinski definition) is 2. The first-order chi connectivity index (χ1) is 6.42. The van der Waals surface area contributed by atoms with E-state index in [9.17, 15) is 13.6 Å². The molecule has 2 heterocycles. The van der Waals surface area contributed by atoms with Gasteiger partial charge in [0.25, 0.3) is 5.92 Å². The van der Waals surface area contributed by atoms with E-state index < -0.39 is 24.1 Å². The summed E-state index contributed by atoms with van der Waals surface area (Å²) in [4.78, 5) is 11.6. The first-order valence-corrected chi connectivity index (χ1v) is 4.56. The Balaban J connectivity index is 2.28. The van der Waals surface area contributed by atoms with Gasteiger partial charge in [-0.3, -0.25) is 4.90 Å². The summed E-state index contributed by atoms with van der Waals surface area (Å²) >= 11 is 0. The Morgan fingerprint density at radius 3 is 2.64 bits per heavy atom. The van der Waals surface area contributed by atoms with Gasteiger partial charge in [0.05, 0.1) is 0 Å². The largest absolute Gasteiger partial charge is 0.465 e. The lowest BCUT2D eigenvalue weighted by molar-refractivity contribution is -0.0362. The molecule has 3 N–H and O–H groups in total. The van der Waals surface area contributed by atoms with Gasteiger partial charge in [0, 0.05) is 18.5 Å². The summed E-state index contributed by atoms with van der Waals surface area (Å²) in [6.45, 7) is 0. The van der Waals surface area contributed by atoms with Crippen molar-refractivity contribution < 1.29 is 18.7 Å². The van der Waals surface area contributed by atoms with Gasteiger partial charge in [0.1, 0.15) is 6.04 Å².